The molecule has 0 spiro atoms. The number of piperidine rings is 1. The molecule has 1 saturated heterocycles. The molecule has 1 aromatic carbocycles. The van der Waals surface area contributed by atoms with Crippen molar-refractivity contribution in [3.63, 3.8) is 0 Å². The van der Waals surface area contributed by atoms with Gasteiger partial charge in [-0.3, -0.25) is 9.59 Å². The Hall–Kier alpha value is -2.40. The molecule has 1 fully saturated rings. The minimum Gasteiger partial charge on any atom is -0.451 e. The highest BCUT2D eigenvalue weighted by atomic mass is 16.4. The summed E-state index contributed by atoms with van der Waals surface area (Å²) in [6, 6.07) is 10.7. The monoisotopic (exact) mass is 355 g/mol. The topological polar surface area (TPSA) is 70.8 Å². The third-order valence-corrected chi connectivity index (χ3v) is 4.89. The summed E-state index contributed by atoms with van der Waals surface area (Å²) in [5.74, 6) is 0.809. The quantitative estimate of drug-likeness (QED) is 0.826. The Morgan fingerprint density at radius 3 is 2.58 bits per heavy atom. The first-order chi connectivity index (χ1) is 12.5. The molecule has 5 heteroatoms. The summed E-state index contributed by atoms with van der Waals surface area (Å²) in [4.78, 5) is 26.1. The summed E-state index contributed by atoms with van der Waals surface area (Å²) >= 11 is 0. The number of furan rings is 1. The average Bonchev–Trinajstić information content (AvgIpc) is 3.11. The SMILES string of the molecule is CC(=O)c1ccc(-c2ccc(C(=O)N3CCCC[C@H]3C[C@@H](C)O)o2)cc1. The zero-order valence-electron chi connectivity index (χ0n) is 15.3. The van der Waals surface area contributed by atoms with Crippen molar-refractivity contribution < 1.29 is 19.1 Å². The molecule has 138 valence electrons. The van der Waals surface area contributed by atoms with Crippen LogP contribution in [-0.4, -0.2) is 40.4 Å². The van der Waals surface area contributed by atoms with E-state index in [2.05, 4.69) is 0 Å². The second kappa shape index (κ2) is 7.87. The van der Waals surface area contributed by atoms with Crippen LogP contribution in [0.1, 0.15) is 60.4 Å². The number of hydrogen-bond acceptors (Lipinski definition) is 4. The van der Waals surface area contributed by atoms with Crippen LogP contribution in [0.3, 0.4) is 0 Å². The lowest BCUT2D eigenvalue weighted by Crippen LogP contribution is -2.44. The van der Waals surface area contributed by atoms with Gasteiger partial charge in [-0.1, -0.05) is 24.3 Å². The number of aliphatic hydroxyl groups excluding tert-OH is 1. The number of carbonyl (C=O) groups is 2. The molecular formula is C21H25NO4. The molecule has 1 aliphatic rings. The maximum Gasteiger partial charge on any atom is 0.289 e. The summed E-state index contributed by atoms with van der Waals surface area (Å²) in [5, 5.41) is 9.70. The molecule has 3 rings (SSSR count). The molecule has 2 heterocycles. The fourth-order valence-corrected chi connectivity index (χ4v) is 3.53. The van der Waals surface area contributed by atoms with Gasteiger partial charge in [0.15, 0.2) is 11.5 Å². The van der Waals surface area contributed by atoms with Crippen molar-refractivity contribution in [3.8, 4) is 11.3 Å². The van der Waals surface area contributed by atoms with Crippen LogP contribution in [0.4, 0.5) is 0 Å². The number of benzene rings is 1. The van der Waals surface area contributed by atoms with Gasteiger partial charge in [-0.25, -0.2) is 0 Å². The number of amides is 1. The average molecular weight is 355 g/mol. The predicted molar refractivity (Wildman–Crippen MR) is 99.1 cm³/mol. The van der Waals surface area contributed by atoms with Crippen LogP contribution in [0.25, 0.3) is 11.3 Å². The molecule has 0 aliphatic carbocycles. The van der Waals surface area contributed by atoms with Crippen molar-refractivity contribution in [1.29, 1.82) is 0 Å². The fourth-order valence-electron chi connectivity index (χ4n) is 3.53. The van der Waals surface area contributed by atoms with Gasteiger partial charge in [0, 0.05) is 23.7 Å². The number of Topliss-reactive ketones (excluding diaryl/α,β-unsaturated/α-hetero) is 1. The zero-order chi connectivity index (χ0) is 18.7. The van der Waals surface area contributed by atoms with Crippen LogP contribution in [0.15, 0.2) is 40.8 Å². The van der Waals surface area contributed by atoms with Crippen molar-refractivity contribution in [2.45, 2.75) is 51.7 Å². The molecule has 1 aromatic heterocycles. The minimum absolute atomic E-state index is 0.0149. The molecule has 2 aromatic rings. The van der Waals surface area contributed by atoms with Gasteiger partial charge in [0.25, 0.3) is 5.91 Å². The molecule has 1 aliphatic heterocycles. The summed E-state index contributed by atoms with van der Waals surface area (Å²) in [7, 11) is 0. The second-order valence-corrected chi connectivity index (χ2v) is 7.03. The summed E-state index contributed by atoms with van der Waals surface area (Å²) in [6.45, 7) is 3.98. The first-order valence-electron chi connectivity index (χ1n) is 9.16. The number of nitrogens with zero attached hydrogens (tertiary/aromatic N) is 1. The third-order valence-electron chi connectivity index (χ3n) is 4.89. The van der Waals surface area contributed by atoms with Crippen molar-refractivity contribution in [1.82, 2.24) is 4.90 Å². The Bertz CT molecular complexity index is 776. The van der Waals surface area contributed by atoms with Crippen LogP contribution in [0, 0.1) is 0 Å². The van der Waals surface area contributed by atoms with Crippen molar-refractivity contribution in [2.24, 2.45) is 0 Å². The van der Waals surface area contributed by atoms with Crippen LogP contribution in [0.5, 0.6) is 0 Å². The maximum absolute atomic E-state index is 12.9. The molecule has 1 amide bonds. The van der Waals surface area contributed by atoms with Crippen molar-refractivity contribution >= 4 is 11.7 Å². The number of ketones is 1. The largest absolute Gasteiger partial charge is 0.451 e. The summed E-state index contributed by atoms with van der Waals surface area (Å²) in [6.07, 6.45) is 3.12. The van der Waals surface area contributed by atoms with Gasteiger partial charge in [-0.05, 0) is 51.7 Å². The van der Waals surface area contributed by atoms with Crippen molar-refractivity contribution in [2.75, 3.05) is 6.54 Å². The Morgan fingerprint density at radius 1 is 1.19 bits per heavy atom. The smallest absolute Gasteiger partial charge is 0.289 e. The van der Waals surface area contributed by atoms with Gasteiger partial charge < -0.3 is 14.4 Å². The first-order valence-corrected chi connectivity index (χ1v) is 9.16. The van der Waals surface area contributed by atoms with Gasteiger partial charge in [-0.2, -0.15) is 0 Å². The molecule has 1 N–H and O–H groups in total. The molecule has 5 nitrogen and oxygen atoms in total. The van der Waals surface area contributed by atoms with Crippen LogP contribution >= 0.6 is 0 Å². The van der Waals surface area contributed by atoms with E-state index in [1.54, 1.807) is 31.2 Å². The van der Waals surface area contributed by atoms with E-state index in [9.17, 15) is 14.7 Å². The van der Waals surface area contributed by atoms with Gasteiger partial charge in [0.2, 0.25) is 0 Å². The zero-order valence-corrected chi connectivity index (χ0v) is 15.3. The van der Waals surface area contributed by atoms with Gasteiger partial charge in [0.05, 0.1) is 6.10 Å². The van der Waals surface area contributed by atoms with Crippen molar-refractivity contribution in [3.05, 3.63) is 47.7 Å². The molecule has 2 atom stereocenters. The predicted octanol–water partition coefficient (Wildman–Crippen LogP) is 3.91. The Morgan fingerprint density at radius 2 is 1.92 bits per heavy atom. The van der Waals surface area contributed by atoms with Gasteiger partial charge in [0.1, 0.15) is 5.76 Å². The number of carbonyl (C=O) groups excluding carboxylic acids is 2. The third kappa shape index (κ3) is 4.05. The highest BCUT2D eigenvalue weighted by Crippen LogP contribution is 2.27. The number of hydrogen-bond donors (Lipinski definition) is 1. The van der Waals surface area contributed by atoms with Gasteiger partial charge in [-0.15, -0.1) is 0 Å². The number of aliphatic hydroxyl groups is 1. The lowest BCUT2D eigenvalue weighted by Gasteiger charge is -2.36. The highest BCUT2D eigenvalue weighted by Gasteiger charge is 2.30. The van der Waals surface area contributed by atoms with Gasteiger partial charge >= 0.3 is 0 Å². The lowest BCUT2D eigenvalue weighted by atomic mass is 9.97. The molecule has 0 bridgehead atoms. The van der Waals surface area contributed by atoms with E-state index in [1.807, 2.05) is 17.0 Å². The lowest BCUT2D eigenvalue weighted by molar-refractivity contribution is 0.0486. The summed E-state index contributed by atoms with van der Waals surface area (Å²) in [5.41, 5.74) is 1.47. The second-order valence-electron chi connectivity index (χ2n) is 7.03. The van der Waals surface area contributed by atoms with E-state index in [1.165, 1.54) is 6.92 Å². The maximum atomic E-state index is 12.9. The van der Waals surface area contributed by atoms with E-state index in [-0.39, 0.29) is 17.7 Å². The Labute approximate surface area is 153 Å². The number of rotatable bonds is 5. The van der Waals surface area contributed by atoms with Crippen LogP contribution in [0.2, 0.25) is 0 Å². The van der Waals surface area contributed by atoms with Crippen LogP contribution < -0.4 is 0 Å². The normalized spacial score (nSPS) is 18.6. The summed E-state index contributed by atoms with van der Waals surface area (Å²) < 4.78 is 5.80. The standard InChI is InChI=1S/C21H25NO4/c1-14(23)13-18-5-3-4-12-22(18)21(25)20-11-10-19(26-20)17-8-6-16(7-9-17)15(2)24/h6-11,14,18,23H,3-5,12-13H2,1-2H3/t14-,18+/m1/s1. The Balaban J connectivity index is 1.77. The van der Waals surface area contributed by atoms with E-state index >= 15 is 0 Å². The molecule has 0 unspecified atom stereocenters. The fraction of sp³-hybridized carbons (Fsp3) is 0.429. The van der Waals surface area contributed by atoms with Crippen LogP contribution in [-0.2, 0) is 0 Å². The molecular weight excluding hydrogens is 330 g/mol. The Kier molecular flexibility index (Phi) is 5.57. The minimum atomic E-state index is -0.430. The first kappa shape index (κ1) is 18.4. The molecule has 0 radical (unpaired) electrons. The van der Waals surface area contributed by atoms with E-state index in [0.717, 1.165) is 24.8 Å². The molecule has 0 saturated carbocycles. The molecule has 26 heavy (non-hydrogen) atoms. The van der Waals surface area contributed by atoms with E-state index in [0.29, 0.717) is 30.0 Å². The number of likely N-dealkylation sites (tertiary alicyclic amines) is 1. The highest BCUT2D eigenvalue weighted by molar-refractivity contribution is 5.94. The van der Waals surface area contributed by atoms with E-state index in [4.69, 9.17) is 4.42 Å². The van der Waals surface area contributed by atoms with E-state index < -0.39 is 6.10 Å².